The van der Waals surface area contributed by atoms with Crippen LogP contribution in [0.25, 0.3) is 0 Å². The standard InChI is InChI=1S/C28H48N2O24S/c1-7(34)29-13-17(38)22(52-28-21(42)19(40)23(11(5-33)51-28)54-55(44,45)46)10(4-32)50-26(13)47-6-12-16(37)24(14(25(43)48-12)30-8(2)35)53-27-20(41)18(39)15(36)9(3-31)49-27/h9-28,31-33,36-43H,3-6H2,1-2H3,(H,29,34)(H,30,35)(H,44,45,46)/t9-,10-,11-,12-,13-,14-,15+,16+,17-,18+,19-,20-,21-,22-,23+,24-,25+,26-,27+,28+/m1/s1. The molecule has 0 aromatic heterocycles. The van der Waals surface area contributed by atoms with Crippen LogP contribution >= 0.6 is 0 Å². The minimum Gasteiger partial charge on any atom is -0.394 e. The Morgan fingerprint density at radius 2 is 1.05 bits per heavy atom. The second kappa shape index (κ2) is 19.2. The summed E-state index contributed by atoms with van der Waals surface area (Å²) in [4.78, 5) is 24.1. The fraction of sp³-hybridized carbons (Fsp3) is 0.929. The van der Waals surface area contributed by atoms with E-state index in [2.05, 4.69) is 14.8 Å². The Labute approximate surface area is 311 Å². The number of aliphatic hydroxyl groups excluding tert-OH is 11. The van der Waals surface area contributed by atoms with Crippen molar-refractivity contribution >= 4 is 22.2 Å². The molecule has 20 atom stereocenters. The second-order valence-electron chi connectivity index (χ2n) is 13.2. The quantitative estimate of drug-likeness (QED) is 0.0723. The fourth-order valence-corrected chi connectivity index (χ4v) is 7.01. The molecule has 14 N–H and O–H groups in total. The Morgan fingerprint density at radius 3 is 1.60 bits per heavy atom. The van der Waals surface area contributed by atoms with Gasteiger partial charge in [-0.05, 0) is 0 Å². The van der Waals surface area contributed by atoms with Crippen molar-refractivity contribution in [2.45, 2.75) is 137 Å². The molecule has 0 radical (unpaired) electrons. The minimum absolute atomic E-state index is 0.731. The van der Waals surface area contributed by atoms with Crippen molar-refractivity contribution in [3.8, 4) is 0 Å². The highest BCUT2D eigenvalue weighted by atomic mass is 32.3. The van der Waals surface area contributed by atoms with Gasteiger partial charge in [-0.1, -0.05) is 0 Å². The molecule has 4 aliphatic rings. The zero-order chi connectivity index (χ0) is 41.1. The topological polar surface area (TPSA) is 409 Å². The van der Waals surface area contributed by atoms with Gasteiger partial charge in [0.1, 0.15) is 97.5 Å². The Hall–Kier alpha value is -1.91. The Kier molecular flexibility index (Phi) is 16.0. The van der Waals surface area contributed by atoms with E-state index in [1.165, 1.54) is 0 Å². The first-order valence-electron chi connectivity index (χ1n) is 16.7. The molecular formula is C28H48N2O24S. The van der Waals surface area contributed by atoms with Crippen molar-refractivity contribution in [2.75, 3.05) is 26.4 Å². The van der Waals surface area contributed by atoms with E-state index >= 15 is 0 Å². The number of aliphatic hydroxyl groups is 11. The van der Waals surface area contributed by atoms with Gasteiger partial charge in [0.25, 0.3) is 0 Å². The van der Waals surface area contributed by atoms with Crippen LogP contribution in [0.4, 0.5) is 0 Å². The monoisotopic (exact) mass is 828 g/mol. The van der Waals surface area contributed by atoms with Crippen LogP contribution in [-0.4, -0.2) is 230 Å². The maximum Gasteiger partial charge on any atom is 0.397 e. The number of nitrogens with one attached hydrogen (secondary N) is 2. The van der Waals surface area contributed by atoms with E-state index in [1.807, 2.05) is 0 Å². The summed E-state index contributed by atoms with van der Waals surface area (Å²) in [7, 11) is -5.22. The van der Waals surface area contributed by atoms with E-state index in [1.54, 1.807) is 0 Å². The van der Waals surface area contributed by atoms with Crippen molar-refractivity contribution in [2.24, 2.45) is 0 Å². The molecular weight excluding hydrogens is 780 g/mol. The lowest BCUT2D eigenvalue weighted by molar-refractivity contribution is -0.355. The third-order valence-corrected chi connectivity index (χ3v) is 9.66. The third-order valence-electron chi connectivity index (χ3n) is 9.19. The molecule has 4 saturated heterocycles. The van der Waals surface area contributed by atoms with E-state index in [-0.39, 0.29) is 0 Å². The van der Waals surface area contributed by atoms with Crippen molar-refractivity contribution in [3.63, 3.8) is 0 Å². The molecule has 4 aliphatic heterocycles. The summed E-state index contributed by atoms with van der Waals surface area (Å²) in [5.74, 6) is -1.50. The first-order valence-corrected chi connectivity index (χ1v) is 18.1. The normalized spacial score (nSPS) is 45.5. The van der Waals surface area contributed by atoms with Gasteiger partial charge < -0.3 is 100.0 Å². The Bertz CT molecular complexity index is 1380. The number of hydrogen-bond donors (Lipinski definition) is 14. The van der Waals surface area contributed by atoms with Gasteiger partial charge in [0.15, 0.2) is 25.2 Å². The zero-order valence-electron chi connectivity index (χ0n) is 29.0. The maximum atomic E-state index is 12.2. The van der Waals surface area contributed by atoms with Crippen LogP contribution in [0.3, 0.4) is 0 Å². The smallest absolute Gasteiger partial charge is 0.394 e. The first kappa shape index (κ1) is 45.8. The van der Waals surface area contributed by atoms with Gasteiger partial charge in [-0.3, -0.25) is 14.1 Å². The molecule has 4 fully saturated rings. The maximum absolute atomic E-state index is 12.2. The van der Waals surface area contributed by atoms with Crippen LogP contribution in [0.1, 0.15) is 13.8 Å². The lowest BCUT2D eigenvalue weighted by Gasteiger charge is -2.48. The van der Waals surface area contributed by atoms with Crippen molar-refractivity contribution in [1.29, 1.82) is 0 Å². The van der Waals surface area contributed by atoms with Gasteiger partial charge >= 0.3 is 10.4 Å². The van der Waals surface area contributed by atoms with Gasteiger partial charge in [-0.2, -0.15) is 8.42 Å². The molecule has 0 bridgehead atoms. The predicted molar refractivity (Wildman–Crippen MR) is 167 cm³/mol. The second-order valence-corrected chi connectivity index (χ2v) is 14.2. The number of carbonyl (C=O) groups is 2. The zero-order valence-corrected chi connectivity index (χ0v) is 29.9. The molecule has 0 aromatic carbocycles. The summed E-state index contributed by atoms with van der Waals surface area (Å²) >= 11 is 0. The van der Waals surface area contributed by atoms with E-state index in [0.717, 1.165) is 13.8 Å². The minimum atomic E-state index is -5.22. The van der Waals surface area contributed by atoms with Crippen LogP contribution < -0.4 is 10.6 Å². The molecule has 26 nitrogen and oxygen atoms in total. The summed E-state index contributed by atoms with van der Waals surface area (Å²) in [5.41, 5.74) is 0. The SMILES string of the molecule is CC(=O)N[C@@H]1[C@@H](O[C@@H]2O[C@H](CO)[C@H](O)[C@H](O)[C@H]2O)[C@@H](O)[C@@H](CO[C@@H]2O[C@H](CO)[C@@H](O[C@@H]3O[C@H](CO)[C@H](OS(=O)(=O)O)[C@H](O)[C@H]3O)[C@H](O)[C@H]2NC(C)=O)O[C@@H]1O. The van der Waals surface area contributed by atoms with Crippen LogP contribution in [-0.2, 0) is 57.3 Å². The molecule has 320 valence electrons. The number of ether oxygens (including phenoxy) is 7. The number of amides is 2. The molecule has 4 heterocycles. The molecule has 0 aliphatic carbocycles. The summed E-state index contributed by atoms with van der Waals surface area (Å²) in [6, 6.07) is -3.15. The summed E-state index contributed by atoms with van der Waals surface area (Å²) in [5, 5.41) is 120. The average Bonchev–Trinajstić information content (AvgIpc) is 3.11. The Balaban J connectivity index is 1.51. The number of carbonyl (C=O) groups excluding carboxylic acids is 2. The van der Waals surface area contributed by atoms with Gasteiger partial charge in [-0.15, -0.1) is 0 Å². The Morgan fingerprint density at radius 1 is 0.564 bits per heavy atom. The lowest BCUT2D eigenvalue weighted by atomic mass is 9.94. The number of hydrogen-bond acceptors (Lipinski definition) is 23. The molecule has 0 unspecified atom stereocenters. The highest BCUT2D eigenvalue weighted by Gasteiger charge is 2.54. The molecule has 2 amide bonds. The van der Waals surface area contributed by atoms with E-state index in [4.69, 9.17) is 37.7 Å². The average molecular weight is 829 g/mol. The van der Waals surface area contributed by atoms with Gasteiger partial charge in [0, 0.05) is 13.8 Å². The van der Waals surface area contributed by atoms with Gasteiger partial charge in [0.05, 0.1) is 26.4 Å². The molecule has 27 heteroatoms. The lowest BCUT2D eigenvalue weighted by Crippen LogP contribution is -2.69. The molecule has 55 heavy (non-hydrogen) atoms. The van der Waals surface area contributed by atoms with Crippen molar-refractivity contribution in [1.82, 2.24) is 10.6 Å². The summed E-state index contributed by atoms with van der Waals surface area (Å²) in [6.45, 7) is -1.48. The van der Waals surface area contributed by atoms with Crippen LogP contribution in [0.5, 0.6) is 0 Å². The first-order chi connectivity index (χ1) is 25.7. The van der Waals surface area contributed by atoms with Crippen LogP contribution in [0.15, 0.2) is 0 Å². The van der Waals surface area contributed by atoms with E-state index < -0.39 is 171 Å². The van der Waals surface area contributed by atoms with Crippen LogP contribution in [0.2, 0.25) is 0 Å². The van der Waals surface area contributed by atoms with E-state index in [0.29, 0.717) is 0 Å². The summed E-state index contributed by atoms with van der Waals surface area (Å²) in [6.07, 6.45) is -33.1. The van der Waals surface area contributed by atoms with Crippen LogP contribution in [0, 0.1) is 0 Å². The predicted octanol–water partition coefficient (Wildman–Crippen LogP) is -9.63. The number of rotatable bonds is 14. The molecule has 0 spiro atoms. The molecule has 0 aromatic rings. The highest BCUT2D eigenvalue weighted by Crippen LogP contribution is 2.33. The fourth-order valence-electron chi connectivity index (χ4n) is 6.49. The van der Waals surface area contributed by atoms with Crippen molar-refractivity contribution in [3.05, 3.63) is 0 Å². The van der Waals surface area contributed by atoms with Gasteiger partial charge in [-0.25, -0.2) is 4.18 Å². The van der Waals surface area contributed by atoms with Crippen molar-refractivity contribution < 1.29 is 116 Å². The van der Waals surface area contributed by atoms with E-state index in [9.17, 15) is 74.2 Å². The summed E-state index contributed by atoms with van der Waals surface area (Å²) < 4.78 is 74.7. The molecule has 4 rings (SSSR count). The third kappa shape index (κ3) is 10.8. The largest absolute Gasteiger partial charge is 0.397 e. The molecule has 0 saturated carbocycles. The van der Waals surface area contributed by atoms with Gasteiger partial charge in [0.2, 0.25) is 11.8 Å². The highest BCUT2D eigenvalue weighted by molar-refractivity contribution is 7.80.